The standard InChI is InChI=1S/C49H63N23O35P6/c50-21-1-2-68(49(78)67-21)44-29(76)31(103-109(82,83)84)19(101-44)6-96-110(85,86)104-32-20(102-45(30(32)77)69-12-63-22-36(51)55-8-59-40(22)69)7-97-113(91,92)107-35-28(75)18(100-48(35)72-15-66-25-39(54)58-11-62-43(25)72)5-95-112(89,90)106-34-27(74)17(99-47(34)71-14-65-24-38(53)57-10-61-42(24)71)4-94-111(87,88)105-33-26(73)16(3-93-108(79,80)81)98-46(33)70-13-64-23-37(52)56-9-60-41(23)70/h1-2,8-20,26-35,44-48,73-77H,3-7H2,(H,85,86)(H,87,88)(H,89,90)(H,91,92)(H2,50,67,78)(H2,51,55,59)(H2,52,56,60)(H2,53,57,61)(H2,54,58,62)(H2,79,80,81)(H2,82,83,84)/t16-,17-,18-,19-,20-,26-,27-,28-,29-,30-,31-,32-,33-,34-,35-,44-,45-,46-,47-,48-/m1/s1. The summed E-state index contributed by atoms with van der Waals surface area (Å²) in [5, 5.41) is 58.5. The summed E-state index contributed by atoms with van der Waals surface area (Å²) in [5.74, 6) is -1.03. The Morgan fingerprint density at radius 1 is 0.345 bits per heavy atom. The highest BCUT2D eigenvalue weighted by Gasteiger charge is 2.57. The molecule has 5 saturated heterocycles. The molecule has 14 rings (SSSR count). The summed E-state index contributed by atoms with van der Waals surface area (Å²) in [7, 11) is -33.8. The molecule has 5 fully saturated rings. The van der Waals surface area contributed by atoms with Crippen LogP contribution in [0.5, 0.6) is 0 Å². The van der Waals surface area contributed by atoms with Crippen LogP contribution >= 0.6 is 46.9 Å². The van der Waals surface area contributed by atoms with Crippen molar-refractivity contribution in [3.63, 3.8) is 0 Å². The number of nitrogens with zero attached hydrogens (tertiary/aromatic N) is 18. The number of nitrogens with two attached hydrogens (primary N) is 5. The summed E-state index contributed by atoms with van der Waals surface area (Å²) in [6.45, 7) is -6.06. The van der Waals surface area contributed by atoms with Crippen molar-refractivity contribution >= 4 is 121 Å². The molecule has 113 heavy (non-hydrogen) atoms. The molecule has 0 bridgehead atoms. The molecule has 0 aromatic carbocycles. The molecule has 5 aliphatic rings. The molecule has 23 N–H and O–H groups in total. The van der Waals surface area contributed by atoms with Gasteiger partial charge in [-0.2, -0.15) is 4.98 Å². The minimum atomic E-state index is -5.85. The van der Waals surface area contributed by atoms with Gasteiger partial charge in [0, 0.05) is 6.20 Å². The van der Waals surface area contributed by atoms with Gasteiger partial charge in [0.05, 0.1) is 58.3 Å². The van der Waals surface area contributed by atoms with Crippen molar-refractivity contribution < 1.29 is 161 Å². The Morgan fingerprint density at radius 3 is 0.947 bits per heavy atom. The lowest BCUT2D eigenvalue weighted by Gasteiger charge is -2.26. The second kappa shape index (κ2) is 31.4. The maximum absolute atomic E-state index is 14.5. The smallest absolute Gasteiger partial charge is 0.387 e. The number of aliphatic hydroxyl groups excluding tert-OH is 5. The Morgan fingerprint density at radius 2 is 0.628 bits per heavy atom. The van der Waals surface area contributed by atoms with Crippen molar-refractivity contribution in [2.24, 2.45) is 0 Å². The van der Waals surface area contributed by atoms with Crippen LogP contribution in [0.25, 0.3) is 44.7 Å². The first-order valence-corrected chi connectivity index (χ1v) is 41.1. The number of aromatic nitrogens is 18. The number of ether oxygens (including phenoxy) is 5. The van der Waals surface area contributed by atoms with Gasteiger partial charge in [-0.1, -0.05) is 0 Å². The number of hydrogen-bond acceptors (Lipinski definition) is 45. The minimum absolute atomic E-state index is 0.0232. The number of hydrogen-bond donors (Lipinski definition) is 18. The first-order chi connectivity index (χ1) is 53.2. The molecular formula is C49H63N23O35P6. The van der Waals surface area contributed by atoms with Crippen molar-refractivity contribution in [1.29, 1.82) is 0 Å². The van der Waals surface area contributed by atoms with Crippen molar-refractivity contribution in [3.8, 4) is 0 Å². The summed E-state index contributed by atoms with van der Waals surface area (Å²) >= 11 is 0. The number of nitrogen functional groups attached to an aromatic ring is 5. The highest BCUT2D eigenvalue weighted by molar-refractivity contribution is 7.48. The van der Waals surface area contributed by atoms with Gasteiger partial charge in [0.2, 0.25) is 0 Å². The lowest BCUT2D eigenvalue weighted by molar-refractivity contribution is -0.0664. The van der Waals surface area contributed by atoms with E-state index < -0.39 is 208 Å². The Bertz CT molecular complexity index is 5410. The van der Waals surface area contributed by atoms with E-state index in [-0.39, 0.29) is 73.7 Å². The van der Waals surface area contributed by atoms with Crippen LogP contribution in [0.2, 0.25) is 0 Å². The molecule has 0 saturated carbocycles. The SMILES string of the molecule is Nc1ccn([C@@H]2O[C@H](COP(=O)(O)O[C@H]3[C@@H](O)[C@H](n4cnc5c(N)ncnc54)O[C@@H]3COP(=O)(O)O[C@@H]3[C@H](O)[C@@H](COP(=O)(O)O[C@@H]4[C@H](O)[C@@H](COP(=O)(O)O[C@@H]5[C@H](O)[C@@H](COP(=O)(O)O)O[C@H]5n5cnc6c(N)ncnc65)O[C@H]4n4cnc5c(N)ncnc54)O[C@H]3n3cnc4c(N)ncnc43)[C@@H](OP(=O)(O)O)[C@H]2O)c(=O)n1. The quantitative estimate of drug-likeness (QED) is 0.0187. The fourth-order valence-corrected chi connectivity index (χ4v) is 17.3. The summed E-state index contributed by atoms with van der Waals surface area (Å²) < 4.78 is 167. The van der Waals surface area contributed by atoms with E-state index in [1.54, 1.807) is 0 Å². The lowest BCUT2D eigenvalue weighted by Crippen LogP contribution is -2.38. The number of phosphoric acid groups is 6. The second-order valence-corrected chi connectivity index (χ2v) is 32.9. The van der Waals surface area contributed by atoms with Crippen molar-refractivity contribution in [2.75, 3.05) is 61.7 Å². The first kappa shape index (κ1) is 81.9. The number of rotatable bonds is 30. The predicted molar refractivity (Wildman–Crippen MR) is 359 cm³/mol. The monoisotopic (exact) mass is 1720 g/mol. The summed E-state index contributed by atoms with van der Waals surface area (Å²) in [5.41, 5.74) is 27.6. The summed E-state index contributed by atoms with van der Waals surface area (Å²) in [6, 6.07) is 1.09. The van der Waals surface area contributed by atoms with E-state index in [0.29, 0.717) is 4.57 Å². The van der Waals surface area contributed by atoms with Crippen LogP contribution in [0.3, 0.4) is 0 Å². The van der Waals surface area contributed by atoms with Gasteiger partial charge in [-0.25, -0.2) is 92.0 Å². The van der Waals surface area contributed by atoms with Crippen LogP contribution in [-0.4, -0.2) is 277 Å². The Kier molecular flexibility index (Phi) is 22.8. The van der Waals surface area contributed by atoms with E-state index >= 15 is 0 Å². The first-order valence-electron chi connectivity index (χ1n) is 32.0. The minimum Gasteiger partial charge on any atom is -0.387 e. The highest BCUT2D eigenvalue weighted by atomic mass is 31.2. The molecule has 64 heteroatoms. The van der Waals surface area contributed by atoms with E-state index in [4.69, 9.17) is 93.1 Å². The van der Waals surface area contributed by atoms with Crippen molar-refractivity contribution in [2.45, 2.75) is 123 Å². The molecule has 0 amide bonds. The van der Waals surface area contributed by atoms with Crippen molar-refractivity contribution in [3.05, 3.63) is 73.4 Å². The van der Waals surface area contributed by atoms with Crippen LogP contribution in [0.4, 0.5) is 29.1 Å². The van der Waals surface area contributed by atoms with Gasteiger partial charge >= 0.3 is 52.6 Å². The maximum Gasteiger partial charge on any atom is 0.472 e. The van der Waals surface area contributed by atoms with Gasteiger partial charge in [-0.15, -0.1) is 0 Å². The predicted octanol–water partition coefficient (Wildman–Crippen LogP) is -5.60. The zero-order chi connectivity index (χ0) is 80.9. The number of fused-ring (bicyclic) bond motifs is 4. The van der Waals surface area contributed by atoms with E-state index in [1.165, 1.54) is 0 Å². The molecule has 5 aliphatic heterocycles. The molecule has 58 nitrogen and oxygen atoms in total. The van der Waals surface area contributed by atoms with Crippen molar-refractivity contribution in [1.82, 2.24) is 87.6 Å². The molecule has 614 valence electrons. The fourth-order valence-electron chi connectivity index (χ4n) is 12.6. The molecular weight excluding hydrogens is 1660 g/mol. The zero-order valence-electron chi connectivity index (χ0n) is 56.3. The largest absolute Gasteiger partial charge is 0.472 e. The molecule has 0 spiro atoms. The molecule has 9 aromatic heterocycles. The Balaban J connectivity index is 0.685. The van der Waals surface area contributed by atoms with E-state index in [2.05, 4.69) is 69.3 Å². The van der Waals surface area contributed by atoms with Crippen LogP contribution < -0.4 is 34.4 Å². The summed E-state index contributed by atoms with van der Waals surface area (Å²) in [4.78, 5) is 149. The van der Waals surface area contributed by atoms with Gasteiger partial charge in [-0.05, 0) is 6.07 Å². The molecule has 0 aliphatic carbocycles. The van der Waals surface area contributed by atoms with Gasteiger partial charge in [0.15, 0.2) is 77.0 Å². The second-order valence-electron chi connectivity index (χ2n) is 24.8. The fraction of sp³-hybridized carbons (Fsp3) is 0.510. The number of aliphatic hydroxyl groups is 5. The third-order valence-electron chi connectivity index (χ3n) is 17.6. The topological polar surface area (TPSA) is 843 Å². The van der Waals surface area contributed by atoms with Gasteiger partial charge in [0.25, 0.3) is 0 Å². The number of imidazole rings is 4. The maximum atomic E-state index is 14.5. The van der Waals surface area contributed by atoms with E-state index in [0.717, 1.165) is 81.2 Å². The van der Waals surface area contributed by atoms with E-state index in [9.17, 15) is 96.9 Å². The average molecular weight is 1720 g/mol. The van der Waals surface area contributed by atoms with Crippen LogP contribution in [0.15, 0.2) is 67.7 Å². The average Bonchev–Trinajstić information content (AvgIpc) is 1.65. The highest BCUT2D eigenvalue weighted by Crippen LogP contribution is 2.57. The van der Waals surface area contributed by atoms with Gasteiger partial charge in [-0.3, -0.25) is 68.1 Å². The van der Waals surface area contributed by atoms with Gasteiger partial charge in [0.1, 0.15) is 145 Å². The lowest BCUT2D eigenvalue weighted by atomic mass is 10.1. The molecule has 24 atom stereocenters. The van der Waals surface area contributed by atoms with Gasteiger partial charge < -0.3 is 117 Å². The number of phosphoric ester groups is 6. The number of anilines is 5. The third-order valence-corrected chi connectivity index (χ3v) is 22.6. The molecule has 9 aromatic rings. The molecule has 0 radical (unpaired) electrons. The molecule has 14 heterocycles. The molecule has 4 unspecified atom stereocenters. The van der Waals surface area contributed by atoms with Crippen LogP contribution in [0, 0.1) is 0 Å². The normalized spacial score (nSPS) is 31.2. The Hall–Kier alpha value is -7.66. The third kappa shape index (κ3) is 17.2. The zero-order valence-corrected chi connectivity index (χ0v) is 61.6. The van der Waals surface area contributed by atoms with Crippen LogP contribution in [0.1, 0.15) is 31.1 Å². The Labute approximate surface area is 625 Å². The van der Waals surface area contributed by atoms with Crippen LogP contribution in [-0.2, 0) is 96.3 Å². The van der Waals surface area contributed by atoms with E-state index in [1.807, 2.05) is 0 Å². The summed E-state index contributed by atoms with van der Waals surface area (Å²) in [6.07, 6.45) is -31.4.